The molecule has 5 nitrogen and oxygen atoms in total. The number of urea groups is 1. The average Bonchev–Trinajstić information content (AvgIpc) is 2.21. The van der Waals surface area contributed by atoms with Gasteiger partial charge in [-0.15, -0.1) is 0 Å². The van der Waals surface area contributed by atoms with Crippen molar-refractivity contribution in [2.24, 2.45) is 5.73 Å². The van der Waals surface area contributed by atoms with Crippen LogP contribution in [-0.4, -0.2) is 18.0 Å². The van der Waals surface area contributed by atoms with Crippen molar-refractivity contribution in [3.8, 4) is 0 Å². The summed E-state index contributed by atoms with van der Waals surface area (Å²) in [6, 6.07) is -1.30. The molecule has 0 bridgehead atoms. The molecule has 1 unspecified atom stereocenters. The third-order valence-corrected chi connectivity index (χ3v) is 2.01. The van der Waals surface area contributed by atoms with Gasteiger partial charge in [0.1, 0.15) is 17.5 Å². The topological polar surface area (TPSA) is 84.2 Å². The standard InChI is InChI=1S/C10H10F3N3O2/c1-4(9(17)16-10(14)18)15-8-6(12)2-5(11)3-7(8)13/h2-4,15H,1H3,(H3,14,16,17,18). The van der Waals surface area contributed by atoms with E-state index in [9.17, 15) is 22.8 Å². The van der Waals surface area contributed by atoms with E-state index in [1.165, 1.54) is 6.92 Å². The first-order valence-electron chi connectivity index (χ1n) is 4.82. The second kappa shape index (κ2) is 5.39. The fourth-order valence-corrected chi connectivity index (χ4v) is 1.19. The highest BCUT2D eigenvalue weighted by Gasteiger charge is 2.19. The number of hydrogen-bond donors (Lipinski definition) is 3. The van der Waals surface area contributed by atoms with Gasteiger partial charge < -0.3 is 11.1 Å². The van der Waals surface area contributed by atoms with Crippen LogP contribution in [0.3, 0.4) is 0 Å². The van der Waals surface area contributed by atoms with Crippen LogP contribution in [-0.2, 0) is 4.79 Å². The molecule has 1 atom stereocenters. The lowest BCUT2D eigenvalue weighted by Gasteiger charge is -2.15. The van der Waals surface area contributed by atoms with Gasteiger partial charge in [-0.1, -0.05) is 0 Å². The molecule has 0 aromatic heterocycles. The second-order valence-electron chi connectivity index (χ2n) is 3.46. The molecule has 0 heterocycles. The number of halogens is 3. The molecule has 0 fully saturated rings. The van der Waals surface area contributed by atoms with Crippen LogP contribution in [0.1, 0.15) is 6.92 Å². The lowest BCUT2D eigenvalue weighted by Crippen LogP contribution is -2.43. The van der Waals surface area contributed by atoms with Crippen molar-refractivity contribution in [2.75, 3.05) is 5.32 Å². The molecule has 0 aliphatic carbocycles. The number of hydrogen-bond acceptors (Lipinski definition) is 3. The number of imide groups is 1. The Hall–Kier alpha value is -2.25. The average molecular weight is 261 g/mol. The molecule has 0 saturated carbocycles. The summed E-state index contributed by atoms with van der Waals surface area (Å²) in [5.41, 5.74) is 4.04. The molecule has 98 valence electrons. The maximum atomic E-state index is 13.2. The number of benzene rings is 1. The smallest absolute Gasteiger partial charge is 0.318 e. The van der Waals surface area contributed by atoms with E-state index in [0.29, 0.717) is 12.1 Å². The van der Waals surface area contributed by atoms with Gasteiger partial charge in [0, 0.05) is 12.1 Å². The van der Waals surface area contributed by atoms with Crippen LogP contribution in [0.25, 0.3) is 0 Å². The fraction of sp³-hybridized carbons (Fsp3) is 0.200. The van der Waals surface area contributed by atoms with E-state index in [1.54, 1.807) is 5.32 Å². The molecule has 0 spiro atoms. The fourth-order valence-electron chi connectivity index (χ4n) is 1.19. The predicted molar refractivity (Wildman–Crippen MR) is 57.1 cm³/mol. The molecule has 18 heavy (non-hydrogen) atoms. The molecular weight excluding hydrogens is 251 g/mol. The molecule has 1 aromatic carbocycles. The quantitative estimate of drug-likeness (QED) is 0.761. The summed E-state index contributed by atoms with van der Waals surface area (Å²) >= 11 is 0. The first-order chi connectivity index (χ1) is 8.31. The number of nitrogens with one attached hydrogen (secondary N) is 2. The van der Waals surface area contributed by atoms with Crippen LogP contribution < -0.4 is 16.4 Å². The summed E-state index contributed by atoms with van der Waals surface area (Å²) in [6.07, 6.45) is 0. The normalized spacial score (nSPS) is 11.8. The van der Waals surface area contributed by atoms with Gasteiger partial charge in [-0.25, -0.2) is 18.0 Å². The van der Waals surface area contributed by atoms with Crippen LogP contribution in [0, 0.1) is 17.5 Å². The van der Waals surface area contributed by atoms with Crippen LogP contribution in [0.4, 0.5) is 23.7 Å². The van der Waals surface area contributed by atoms with E-state index in [4.69, 9.17) is 5.73 Å². The SMILES string of the molecule is CC(Nc1c(F)cc(F)cc1F)C(=O)NC(N)=O. The maximum absolute atomic E-state index is 13.2. The second-order valence-corrected chi connectivity index (χ2v) is 3.46. The minimum Gasteiger partial charge on any atom is -0.369 e. The summed E-state index contributed by atoms with van der Waals surface area (Å²) in [7, 11) is 0. The Morgan fingerprint density at radius 2 is 1.72 bits per heavy atom. The third-order valence-electron chi connectivity index (χ3n) is 2.01. The van der Waals surface area contributed by atoms with Crippen LogP contribution in [0.15, 0.2) is 12.1 Å². The molecule has 4 N–H and O–H groups in total. The summed E-state index contributed by atoms with van der Waals surface area (Å²) in [5.74, 6) is -4.33. The minimum atomic E-state index is -1.19. The van der Waals surface area contributed by atoms with Crippen LogP contribution in [0.5, 0.6) is 0 Å². The molecular formula is C10H10F3N3O2. The lowest BCUT2D eigenvalue weighted by atomic mass is 10.2. The van der Waals surface area contributed by atoms with Gasteiger partial charge in [0.2, 0.25) is 5.91 Å². The number of carbonyl (C=O) groups excluding carboxylic acids is 2. The first-order valence-corrected chi connectivity index (χ1v) is 4.82. The largest absolute Gasteiger partial charge is 0.369 e. The van der Waals surface area contributed by atoms with Crippen LogP contribution in [0.2, 0.25) is 0 Å². The van der Waals surface area contributed by atoms with E-state index < -0.39 is 41.1 Å². The number of anilines is 1. The van der Waals surface area contributed by atoms with E-state index in [-0.39, 0.29) is 0 Å². The lowest BCUT2D eigenvalue weighted by molar-refractivity contribution is -0.120. The Labute approximate surface area is 100 Å². The molecule has 3 amide bonds. The Balaban J connectivity index is 2.85. The van der Waals surface area contributed by atoms with Crippen molar-refractivity contribution >= 4 is 17.6 Å². The Bertz CT molecular complexity index is 470. The van der Waals surface area contributed by atoms with E-state index in [2.05, 4.69) is 5.32 Å². The van der Waals surface area contributed by atoms with Gasteiger partial charge >= 0.3 is 6.03 Å². The van der Waals surface area contributed by atoms with Gasteiger partial charge in [-0.3, -0.25) is 10.1 Å². The number of carbonyl (C=O) groups is 2. The van der Waals surface area contributed by atoms with Crippen molar-refractivity contribution in [3.63, 3.8) is 0 Å². The molecule has 8 heteroatoms. The van der Waals surface area contributed by atoms with E-state index in [0.717, 1.165) is 0 Å². The third kappa shape index (κ3) is 3.37. The Kier molecular flexibility index (Phi) is 4.13. The van der Waals surface area contributed by atoms with Crippen molar-refractivity contribution < 1.29 is 22.8 Å². The monoisotopic (exact) mass is 261 g/mol. The zero-order valence-corrected chi connectivity index (χ0v) is 9.26. The zero-order valence-electron chi connectivity index (χ0n) is 9.26. The number of primary amides is 1. The molecule has 0 saturated heterocycles. The maximum Gasteiger partial charge on any atom is 0.318 e. The molecule has 1 aromatic rings. The Morgan fingerprint density at radius 3 is 2.17 bits per heavy atom. The summed E-state index contributed by atoms with van der Waals surface area (Å²) in [5, 5.41) is 3.91. The van der Waals surface area contributed by atoms with Crippen molar-refractivity contribution in [1.29, 1.82) is 0 Å². The zero-order chi connectivity index (χ0) is 13.9. The van der Waals surface area contributed by atoms with Gasteiger partial charge in [0.05, 0.1) is 0 Å². The highest BCUT2D eigenvalue weighted by molar-refractivity contribution is 5.97. The van der Waals surface area contributed by atoms with E-state index >= 15 is 0 Å². The summed E-state index contributed by atoms with van der Waals surface area (Å²) in [6.45, 7) is 1.25. The number of nitrogens with two attached hydrogens (primary N) is 1. The summed E-state index contributed by atoms with van der Waals surface area (Å²) < 4.78 is 39.1. The number of amides is 3. The van der Waals surface area contributed by atoms with Crippen molar-refractivity contribution in [1.82, 2.24) is 5.32 Å². The first kappa shape index (κ1) is 13.8. The Morgan fingerprint density at radius 1 is 1.22 bits per heavy atom. The van der Waals surface area contributed by atoms with Crippen molar-refractivity contribution in [2.45, 2.75) is 13.0 Å². The van der Waals surface area contributed by atoms with Gasteiger partial charge in [-0.05, 0) is 6.92 Å². The minimum absolute atomic E-state index is 0.462. The molecule has 0 aliphatic heterocycles. The predicted octanol–water partition coefficient (Wildman–Crippen LogP) is 1.10. The number of rotatable bonds is 3. The van der Waals surface area contributed by atoms with Gasteiger partial charge in [0.25, 0.3) is 0 Å². The highest BCUT2D eigenvalue weighted by Crippen LogP contribution is 2.20. The highest BCUT2D eigenvalue weighted by atomic mass is 19.1. The molecule has 1 rings (SSSR count). The molecule has 0 aliphatic rings. The van der Waals surface area contributed by atoms with Crippen molar-refractivity contribution in [3.05, 3.63) is 29.6 Å². The van der Waals surface area contributed by atoms with Crippen LogP contribution >= 0.6 is 0 Å². The summed E-state index contributed by atoms with van der Waals surface area (Å²) in [4.78, 5) is 21.7. The van der Waals surface area contributed by atoms with E-state index in [1.807, 2.05) is 0 Å². The van der Waals surface area contributed by atoms with Gasteiger partial charge in [-0.2, -0.15) is 0 Å². The van der Waals surface area contributed by atoms with Gasteiger partial charge in [0.15, 0.2) is 11.6 Å². The molecule has 0 radical (unpaired) electrons.